The Morgan fingerprint density at radius 2 is 1.95 bits per heavy atom. The second-order valence-corrected chi connectivity index (χ2v) is 6.67. The van der Waals surface area contributed by atoms with Crippen LogP contribution in [-0.2, 0) is 10.0 Å². The van der Waals surface area contributed by atoms with Crippen LogP contribution in [0.1, 0.15) is 10.5 Å². The van der Waals surface area contributed by atoms with Crippen LogP contribution < -0.4 is 11.5 Å². The summed E-state index contributed by atoms with van der Waals surface area (Å²) in [5, 5.41) is 3.96. The Hall–Kier alpha value is -2.39. The van der Waals surface area contributed by atoms with E-state index in [2.05, 4.69) is 5.10 Å². The van der Waals surface area contributed by atoms with E-state index in [4.69, 9.17) is 11.5 Å². The zero-order valence-electron chi connectivity index (χ0n) is 11.5. The van der Waals surface area contributed by atoms with Crippen molar-refractivity contribution >= 4 is 21.6 Å². The third kappa shape index (κ3) is 2.73. The molecule has 2 aromatic rings. The highest BCUT2D eigenvalue weighted by Crippen LogP contribution is 2.23. The summed E-state index contributed by atoms with van der Waals surface area (Å²) < 4.78 is 26.7. The maximum atomic E-state index is 12.1. The summed E-state index contributed by atoms with van der Waals surface area (Å²) in [5.41, 5.74) is 11.7. The number of hydrogen-bond acceptors (Lipinski definition) is 5. The van der Waals surface area contributed by atoms with Crippen LogP contribution >= 0.6 is 0 Å². The van der Waals surface area contributed by atoms with E-state index < -0.39 is 15.9 Å². The van der Waals surface area contributed by atoms with E-state index in [1.807, 2.05) is 0 Å². The second kappa shape index (κ2) is 5.19. The minimum Gasteiger partial charge on any atom is -0.397 e. The standard InChI is InChI=1S/C12H15N5O3S/c1-16(2)21(19,20)8-3-4-9(13)11(7-8)17-6-5-10(15-17)12(14)18/h3-7H,13H2,1-2H3,(H2,14,18). The lowest BCUT2D eigenvalue weighted by molar-refractivity contribution is 0.0995. The monoisotopic (exact) mass is 309 g/mol. The van der Waals surface area contributed by atoms with Gasteiger partial charge in [-0.3, -0.25) is 4.79 Å². The first-order valence-corrected chi connectivity index (χ1v) is 7.35. The fourth-order valence-corrected chi connectivity index (χ4v) is 2.60. The highest BCUT2D eigenvalue weighted by atomic mass is 32.2. The van der Waals surface area contributed by atoms with Gasteiger partial charge < -0.3 is 11.5 Å². The molecule has 0 unspecified atom stereocenters. The number of benzene rings is 1. The zero-order chi connectivity index (χ0) is 15.8. The number of amides is 1. The SMILES string of the molecule is CN(C)S(=O)(=O)c1ccc(N)c(-n2ccc(C(N)=O)n2)c1. The number of nitrogens with two attached hydrogens (primary N) is 2. The topological polar surface area (TPSA) is 124 Å². The number of carbonyl (C=O) groups excluding carboxylic acids is 1. The Morgan fingerprint density at radius 3 is 2.48 bits per heavy atom. The van der Waals surface area contributed by atoms with Crippen LogP contribution in [0.4, 0.5) is 5.69 Å². The molecule has 2 rings (SSSR count). The van der Waals surface area contributed by atoms with E-state index in [0.29, 0.717) is 11.4 Å². The molecule has 4 N–H and O–H groups in total. The van der Waals surface area contributed by atoms with Crippen LogP contribution in [-0.4, -0.2) is 42.5 Å². The highest BCUT2D eigenvalue weighted by molar-refractivity contribution is 7.89. The molecule has 0 spiro atoms. The predicted octanol–water partition coefficient (Wildman–Crippen LogP) is -0.196. The van der Waals surface area contributed by atoms with Crippen molar-refractivity contribution in [2.45, 2.75) is 4.90 Å². The van der Waals surface area contributed by atoms with E-state index in [1.165, 1.54) is 49.2 Å². The van der Waals surface area contributed by atoms with E-state index in [0.717, 1.165) is 4.31 Å². The quantitative estimate of drug-likeness (QED) is 0.757. The summed E-state index contributed by atoms with van der Waals surface area (Å²) >= 11 is 0. The third-order valence-electron chi connectivity index (χ3n) is 2.87. The summed E-state index contributed by atoms with van der Waals surface area (Å²) in [7, 11) is -0.719. The molecule has 112 valence electrons. The van der Waals surface area contributed by atoms with Gasteiger partial charge in [0.05, 0.1) is 16.3 Å². The summed E-state index contributed by atoms with van der Waals surface area (Å²) in [6.45, 7) is 0. The molecule has 9 heteroatoms. The Morgan fingerprint density at radius 1 is 1.29 bits per heavy atom. The van der Waals surface area contributed by atoms with Gasteiger partial charge in [0.2, 0.25) is 10.0 Å². The Bertz CT molecular complexity index is 795. The molecular weight excluding hydrogens is 294 g/mol. The number of sulfonamides is 1. The third-order valence-corrected chi connectivity index (χ3v) is 4.68. The van der Waals surface area contributed by atoms with Crippen LogP contribution in [0.2, 0.25) is 0 Å². The van der Waals surface area contributed by atoms with Gasteiger partial charge in [0, 0.05) is 20.3 Å². The minimum absolute atomic E-state index is 0.0651. The minimum atomic E-state index is -3.59. The molecule has 1 aromatic carbocycles. The molecule has 0 aliphatic carbocycles. The second-order valence-electron chi connectivity index (χ2n) is 4.52. The van der Waals surface area contributed by atoms with Gasteiger partial charge in [0.25, 0.3) is 5.91 Å². The number of hydrogen-bond donors (Lipinski definition) is 2. The molecule has 1 heterocycles. The fourth-order valence-electron chi connectivity index (χ4n) is 1.68. The molecule has 8 nitrogen and oxygen atoms in total. The molecule has 21 heavy (non-hydrogen) atoms. The molecule has 0 aliphatic heterocycles. The van der Waals surface area contributed by atoms with Crippen molar-refractivity contribution in [2.75, 3.05) is 19.8 Å². The smallest absolute Gasteiger partial charge is 0.269 e. The number of anilines is 1. The average Bonchev–Trinajstić information content (AvgIpc) is 2.88. The van der Waals surface area contributed by atoms with Crippen LogP contribution in [0.3, 0.4) is 0 Å². The molecule has 0 bridgehead atoms. The average molecular weight is 309 g/mol. The van der Waals surface area contributed by atoms with Crippen molar-refractivity contribution in [3.8, 4) is 5.69 Å². The lowest BCUT2D eigenvalue weighted by Gasteiger charge is -2.13. The number of rotatable bonds is 4. The van der Waals surface area contributed by atoms with Crippen LogP contribution in [0.25, 0.3) is 5.69 Å². The fraction of sp³-hybridized carbons (Fsp3) is 0.167. The maximum absolute atomic E-state index is 12.1. The van der Waals surface area contributed by atoms with E-state index >= 15 is 0 Å². The van der Waals surface area contributed by atoms with Gasteiger partial charge in [0.15, 0.2) is 0 Å². The van der Waals surface area contributed by atoms with Gasteiger partial charge >= 0.3 is 0 Å². The van der Waals surface area contributed by atoms with Crippen molar-refractivity contribution in [3.05, 3.63) is 36.2 Å². The number of primary amides is 1. The van der Waals surface area contributed by atoms with E-state index in [-0.39, 0.29) is 10.6 Å². The molecule has 0 atom stereocenters. The molecule has 1 amide bonds. The Balaban J connectivity index is 2.56. The van der Waals surface area contributed by atoms with Gasteiger partial charge in [-0.2, -0.15) is 5.10 Å². The summed E-state index contributed by atoms with van der Waals surface area (Å²) in [4.78, 5) is 11.1. The summed E-state index contributed by atoms with van der Waals surface area (Å²) in [6.07, 6.45) is 1.48. The van der Waals surface area contributed by atoms with Crippen LogP contribution in [0.15, 0.2) is 35.4 Å². The lowest BCUT2D eigenvalue weighted by Crippen LogP contribution is -2.22. The summed E-state index contributed by atoms with van der Waals surface area (Å²) in [5.74, 6) is -0.676. The number of aromatic nitrogens is 2. The van der Waals surface area contributed by atoms with Gasteiger partial charge in [-0.05, 0) is 24.3 Å². The molecule has 1 aromatic heterocycles. The molecule has 0 saturated heterocycles. The highest BCUT2D eigenvalue weighted by Gasteiger charge is 2.19. The molecular formula is C12H15N5O3S. The number of carbonyl (C=O) groups is 1. The number of nitrogen functional groups attached to an aromatic ring is 1. The lowest BCUT2D eigenvalue weighted by atomic mass is 10.3. The first kappa shape index (κ1) is 15.0. The first-order valence-electron chi connectivity index (χ1n) is 5.91. The predicted molar refractivity (Wildman–Crippen MR) is 77.4 cm³/mol. The van der Waals surface area contributed by atoms with Gasteiger partial charge in [-0.25, -0.2) is 17.4 Å². The molecule has 0 aliphatic rings. The Kier molecular flexibility index (Phi) is 3.71. The zero-order valence-corrected chi connectivity index (χ0v) is 12.3. The van der Waals surface area contributed by atoms with Gasteiger partial charge in [0.1, 0.15) is 5.69 Å². The van der Waals surface area contributed by atoms with Gasteiger partial charge in [-0.1, -0.05) is 0 Å². The van der Waals surface area contributed by atoms with Crippen molar-refractivity contribution in [2.24, 2.45) is 5.73 Å². The van der Waals surface area contributed by atoms with Crippen LogP contribution in [0, 0.1) is 0 Å². The molecule has 0 radical (unpaired) electrons. The van der Waals surface area contributed by atoms with Gasteiger partial charge in [-0.15, -0.1) is 0 Å². The van der Waals surface area contributed by atoms with E-state index in [1.54, 1.807) is 0 Å². The first-order chi connectivity index (χ1) is 9.73. The number of nitrogens with zero attached hydrogens (tertiary/aromatic N) is 3. The summed E-state index contributed by atoms with van der Waals surface area (Å²) in [6, 6.07) is 5.70. The van der Waals surface area contributed by atoms with Crippen molar-refractivity contribution in [3.63, 3.8) is 0 Å². The van der Waals surface area contributed by atoms with Crippen molar-refractivity contribution in [1.82, 2.24) is 14.1 Å². The normalized spacial score (nSPS) is 11.8. The van der Waals surface area contributed by atoms with Crippen molar-refractivity contribution in [1.29, 1.82) is 0 Å². The van der Waals surface area contributed by atoms with Crippen molar-refractivity contribution < 1.29 is 13.2 Å². The maximum Gasteiger partial charge on any atom is 0.269 e. The largest absolute Gasteiger partial charge is 0.397 e. The molecule has 0 saturated carbocycles. The van der Waals surface area contributed by atoms with Crippen LogP contribution in [0.5, 0.6) is 0 Å². The van der Waals surface area contributed by atoms with E-state index in [9.17, 15) is 13.2 Å². The Labute approximate surface area is 122 Å². The molecule has 0 fully saturated rings.